The van der Waals surface area contributed by atoms with Crippen molar-refractivity contribution in [3.8, 4) is 11.1 Å². The molecule has 1 aliphatic heterocycles. The summed E-state index contributed by atoms with van der Waals surface area (Å²) in [6.07, 6.45) is -11.8. The average molecular weight is 521 g/mol. The molecule has 3 aromatic carbocycles. The highest BCUT2D eigenvalue weighted by molar-refractivity contribution is 5.64. The third kappa shape index (κ3) is 5.52. The summed E-state index contributed by atoms with van der Waals surface area (Å²) in [5, 5.41) is 9.55. The van der Waals surface area contributed by atoms with Crippen LogP contribution in [-0.4, -0.2) is 53.4 Å². The number of alkyl halides is 6. The molecule has 3 aromatic rings. The van der Waals surface area contributed by atoms with Crippen molar-refractivity contribution in [3.63, 3.8) is 0 Å². The molecule has 37 heavy (non-hydrogen) atoms. The van der Waals surface area contributed by atoms with E-state index in [0.29, 0.717) is 23.3 Å². The molecule has 3 nitrogen and oxygen atoms in total. The third-order valence-electron chi connectivity index (χ3n) is 6.68. The normalized spacial score (nSPS) is 15.6. The first-order valence-corrected chi connectivity index (χ1v) is 11.7. The Labute approximate surface area is 211 Å². The van der Waals surface area contributed by atoms with Gasteiger partial charge in [-0.1, -0.05) is 85.4 Å². The van der Waals surface area contributed by atoms with Crippen LogP contribution >= 0.6 is 0 Å². The van der Waals surface area contributed by atoms with Gasteiger partial charge in [0.05, 0.1) is 0 Å². The van der Waals surface area contributed by atoms with Crippen molar-refractivity contribution in [1.29, 1.82) is 0 Å². The topological polar surface area (TPSA) is 26.7 Å². The van der Waals surface area contributed by atoms with Crippen LogP contribution in [0.25, 0.3) is 16.8 Å². The molecule has 0 bridgehead atoms. The molecule has 0 spiro atoms. The minimum absolute atomic E-state index is 0.440. The van der Waals surface area contributed by atoms with Gasteiger partial charge in [0.25, 0.3) is 5.60 Å². The lowest BCUT2D eigenvalue weighted by atomic mass is 9.90. The molecule has 0 radical (unpaired) electrons. The molecule has 0 amide bonds. The third-order valence-corrected chi connectivity index (χ3v) is 6.68. The molecular formula is C28H26F6N2O. The summed E-state index contributed by atoms with van der Waals surface area (Å²) in [5.74, 6) is 0. The van der Waals surface area contributed by atoms with Crippen LogP contribution in [-0.2, 0) is 12.1 Å². The van der Waals surface area contributed by atoms with Crippen molar-refractivity contribution in [2.24, 2.45) is 0 Å². The van der Waals surface area contributed by atoms with Gasteiger partial charge in [0.1, 0.15) is 0 Å². The molecule has 4 rings (SSSR count). The van der Waals surface area contributed by atoms with E-state index < -0.39 is 23.5 Å². The fourth-order valence-electron chi connectivity index (χ4n) is 4.44. The zero-order valence-corrected chi connectivity index (χ0v) is 19.9. The van der Waals surface area contributed by atoms with Crippen molar-refractivity contribution in [2.75, 3.05) is 26.2 Å². The summed E-state index contributed by atoms with van der Waals surface area (Å²) in [5.41, 5.74) is -1.99. The molecule has 0 aromatic heterocycles. The molecule has 0 unspecified atom stereocenters. The number of piperazine rings is 1. The fraction of sp³-hybridized carbons (Fsp3) is 0.286. The van der Waals surface area contributed by atoms with E-state index in [9.17, 15) is 31.4 Å². The van der Waals surface area contributed by atoms with Gasteiger partial charge in [0.15, 0.2) is 0 Å². The average Bonchev–Trinajstić information content (AvgIpc) is 2.88. The Bertz CT molecular complexity index is 1180. The van der Waals surface area contributed by atoms with Crippen LogP contribution in [0.2, 0.25) is 0 Å². The molecule has 1 heterocycles. The standard InChI is InChI=1S/C28H26F6N2O/c1-20(22-5-3-2-4-6-22)36-17-15-35(16-18-36)19-21-7-9-23(10-8-21)24-11-13-25(14-12-24)26(37,27(29,30)31)28(32,33)34/h2-14,37H,1,15-19H2. The van der Waals surface area contributed by atoms with Crippen molar-refractivity contribution < 1.29 is 31.4 Å². The van der Waals surface area contributed by atoms with Crippen molar-refractivity contribution >= 4 is 5.70 Å². The van der Waals surface area contributed by atoms with E-state index in [1.54, 1.807) is 12.1 Å². The van der Waals surface area contributed by atoms with Gasteiger partial charge < -0.3 is 10.0 Å². The zero-order chi connectivity index (χ0) is 26.8. The molecule has 0 atom stereocenters. The first-order valence-electron chi connectivity index (χ1n) is 11.7. The second-order valence-electron chi connectivity index (χ2n) is 9.06. The summed E-state index contributed by atoms with van der Waals surface area (Å²) >= 11 is 0. The van der Waals surface area contributed by atoms with Gasteiger partial charge in [-0.05, 0) is 22.3 Å². The fourth-order valence-corrected chi connectivity index (χ4v) is 4.44. The molecular weight excluding hydrogens is 494 g/mol. The molecule has 9 heteroatoms. The van der Waals surface area contributed by atoms with Gasteiger partial charge in [-0.25, -0.2) is 0 Å². The number of hydrogen-bond acceptors (Lipinski definition) is 3. The van der Waals surface area contributed by atoms with Crippen molar-refractivity contribution in [2.45, 2.75) is 24.5 Å². The maximum absolute atomic E-state index is 13.1. The van der Waals surface area contributed by atoms with E-state index in [0.717, 1.165) is 61.7 Å². The predicted octanol–water partition coefficient (Wildman–Crippen LogP) is 6.45. The molecule has 0 aliphatic carbocycles. The number of halogens is 6. The van der Waals surface area contributed by atoms with E-state index >= 15 is 0 Å². The largest absolute Gasteiger partial charge is 0.430 e. The van der Waals surface area contributed by atoms with E-state index in [1.165, 1.54) is 0 Å². The number of nitrogens with zero attached hydrogens (tertiary/aromatic N) is 2. The van der Waals surface area contributed by atoms with Crippen LogP contribution in [0.5, 0.6) is 0 Å². The van der Waals surface area contributed by atoms with Crippen LogP contribution in [0.1, 0.15) is 16.7 Å². The lowest BCUT2D eigenvalue weighted by Gasteiger charge is -2.37. The van der Waals surface area contributed by atoms with Crippen LogP contribution in [0.3, 0.4) is 0 Å². The summed E-state index contributed by atoms with van der Waals surface area (Å²) in [7, 11) is 0. The second kappa shape index (κ2) is 10.2. The Morgan fingerprint density at radius 1 is 0.703 bits per heavy atom. The lowest BCUT2D eigenvalue weighted by Crippen LogP contribution is -2.53. The number of benzene rings is 3. The lowest BCUT2D eigenvalue weighted by molar-refractivity contribution is -0.376. The summed E-state index contributed by atoms with van der Waals surface area (Å²) in [6.45, 7) is 8.35. The monoisotopic (exact) mass is 520 g/mol. The quantitative estimate of drug-likeness (QED) is 0.378. The highest BCUT2D eigenvalue weighted by atomic mass is 19.4. The molecule has 1 N–H and O–H groups in total. The van der Waals surface area contributed by atoms with Crippen LogP contribution in [0, 0.1) is 0 Å². The van der Waals surface area contributed by atoms with Gasteiger partial charge >= 0.3 is 12.4 Å². The molecule has 1 saturated heterocycles. The van der Waals surface area contributed by atoms with E-state index in [1.807, 2.05) is 42.5 Å². The molecule has 1 fully saturated rings. The maximum Gasteiger partial charge on any atom is 0.430 e. The number of aliphatic hydroxyl groups is 1. The van der Waals surface area contributed by atoms with Gasteiger partial charge in [-0.15, -0.1) is 0 Å². The summed E-state index contributed by atoms with van der Waals surface area (Å²) in [4.78, 5) is 4.57. The molecule has 0 saturated carbocycles. The Kier molecular flexibility index (Phi) is 7.39. The smallest absolute Gasteiger partial charge is 0.369 e. The van der Waals surface area contributed by atoms with E-state index in [4.69, 9.17) is 0 Å². The van der Waals surface area contributed by atoms with Gasteiger partial charge in [0.2, 0.25) is 0 Å². The minimum Gasteiger partial charge on any atom is -0.369 e. The zero-order valence-electron chi connectivity index (χ0n) is 19.9. The van der Waals surface area contributed by atoms with E-state index in [-0.39, 0.29) is 0 Å². The van der Waals surface area contributed by atoms with E-state index in [2.05, 4.69) is 16.4 Å². The van der Waals surface area contributed by atoms with Crippen LogP contribution in [0.15, 0.2) is 85.4 Å². The highest BCUT2D eigenvalue weighted by Crippen LogP contribution is 2.50. The Balaban J connectivity index is 1.38. The summed E-state index contributed by atoms with van der Waals surface area (Å²) in [6, 6.07) is 21.0. The second-order valence-corrected chi connectivity index (χ2v) is 9.06. The number of hydrogen-bond donors (Lipinski definition) is 1. The Morgan fingerprint density at radius 2 is 1.19 bits per heavy atom. The van der Waals surface area contributed by atoms with Crippen LogP contribution in [0.4, 0.5) is 26.3 Å². The van der Waals surface area contributed by atoms with Gasteiger partial charge in [-0.2, -0.15) is 26.3 Å². The van der Waals surface area contributed by atoms with Gasteiger partial charge in [-0.3, -0.25) is 4.90 Å². The van der Waals surface area contributed by atoms with Crippen LogP contribution < -0.4 is 0 Å². The first-order chi connectivity index (χ1) is 17.4. The molecule has 1 aliphatic rings. The number of rotatable bonds is 6. The van der Waals surface area contributed by atoms with Crippen molar-refractivity contribution in [3.05, 3.63) is 102 Å². The van der Waals surface area contributed by atoms with Crippen molar-refractivity contribution in [1.82, 2.24) is 9.80 Å². The SMILES string of the molecule is C=C(c1ccccc1)N1CCN(Cc2ccc(-c3ccc(C(O)(C(F)(F)F)C(F)(F)F)cc3)cc2)CC1. The minimum atomic E-state index is -5.91. The highest BCUT2D eigenvalue weighted by Gasteiger charge is 2.71. The molecule has 196 valence electrons. The predicted molar refractivity (Wildman–Crippen MR) is 130 cm³/mol. The Hall–Kier alpha value is -3.30. The summed E-state index contributed by atoms with van der Waals surface area (Å²) < 4.78 is 78.6. The Morgan fingerprint density at radius 3 is 1.68 bits per heavy atom. The maximum atomic E-state index is 13.1. The first kappa shape index (κ1) is 26.8. The van der Waals surface area contributed by atoms with Gasteiger partial charge in [0, 0.05) is 44.0 Å².